The minimum atomic E-state index is -4.04. The van der Waals surface area contributed by atoms with Crippen molar-refractivity contribution in [3.8, 4) is 0 Å². The van der Waals surface area contributed by atoms with Gasteiger partial charge in [0, 0.05) is 19.3 Å². The fourth-order valence-corrected chi connectivity index (χ4v) is 4.52. The molecule has 24 heavy (non-hydrogen) atoms. The second-order valence-corrected chi connectivity index (χ2v) is 7.68. The Labute approximate surface area is 150 Å². The molecule has 0 aliphatic heterocycles. The lowest BCUT2D eigenvalue weighted by atomic mass is 10.2. The van der Waals surface area contributed by atoms with E-state index < -0.39 is 15.9 Å². The molecule has 6 nitrogen and oxygen atoms in total. The SMILES string of the molecule is CCN(CC)C(=O)n1ccc(S(=O)(=O)c2c(Cl)ccc(C)c2Cl)n1. The molecule has 0 bridgehead atoms. The Kier molecular flexibility index (Phi) is 5.57. The summed E-state index contributed by atoms with van der Waals surface area (Å²) >= 11 is 12.2. The Morgan fingerprint density at radius 3 is 2.42 bits per heavy atom. The Bertz CT molecular complexity index is 874. The Morgan fingerprint density at radius 1 is 1.21 bits per heavy atom. The van der Waals surface area contributed by atoms with Crippen LogP contribution in [0.5, 0.6) is 0 Å². The minimum absolute atomic E-state index is 0.00946. The molecule has 2 rings (SSSR count). The van der Waals surface area contributed by atoms with Crippen LogP contribution in [0.15, 0.2) is 34.3 Å². The van der Waals surface area contributed by atoms with Gasteiger partial charge < -0.3 is 4.90 Å². The maximum Gasteiger partial charge on any atom is 0.344 e. The third kappa shape index (κ3) is 3.29. The average molecular weight is 390 g/mol. The van der Waals surface area contributed by atoms with E-state index >= 15 is 0 Å². The number of sulfone groups is 1. The smallest absolute Gasteiger partial charge is 0.323 e. The molecule has 0 aliphatic carbocycles. The van der Waals surface area contributed by atoms with Crippen molar-refractivity contribution >= 4 is 39.1 Å². The molecule has 0 unspecified atom stereocenters. The lowest BCUT2D eigenvalue weighted by Crippen LogP contribution is -2.34. The first-order valence-corrected chi connectivity index (χ1v) is 9.52. The summed E-state index contributed by atoms with van der Waals surface area (Å²) < 4.78 is 26.6. The largest absolute Gasteiger partial charge is 0.344 e. The van der Waals surface area contributed by atoms with Gasteiger partial charge >= 0.3 is 6.03 Å². The number of benzene rings is 1. The van der Waals surface area contributed by atoms with Crippen LogP contribution in [0.25, 0.3) is 0 Å². The molecule has 0 atom stereocenters. The zero-order chi connectivity index (χ0) is 18.1. The molecule has 1 amide bonds. The molecule has 0 N–H and O–H groups in total. The van der Waals surface area contributed by atoms with Gasteiger partial charge in [-0.15, -0.1) is 0 Å². The predicted octanol–water partition coefficient (Wildman–Crippen LogP) is 3.64. The summed E-state index contributed by atoms with van der Waals surface area (Å²) in [6.45, 7) is 6.32. The molecule has 130 valence electrons. The van der Waals surface area contributed by atoms with Crippen molar-refractivity contribution < 1.29 is 13.2 Å². The van der Waals surface area contributed by atoms with Gasteiger partial charge in [0.25, 0.3) is 0 Å². The molecule has 1 heterocycles. The van der Waals surface area contributed by atoms with Crippen LogP contribution in [0, 0.1) is 6.92 Å². The zero-order valence-electron chi connectivity index (χ0n) is 13.5. The molecule has 0 saturated heterocycles. The summed E-state index contributed by atoms with van der Waals surface area (Å²) in [4.78, 5) is 13.6. The Balaban J connectivity index is 2.50. The van der Waals surface area contributed by atoms with Crippen LogP contribution in [0.2, 0.25) is 10.0 Å². The van der Waals surface area contributed by atoms with Gasteiger partial charge in [0.2, 0.25) is 9.84 Å². The fraction of sp³-hybridized carbons (Fsp3) is 0.333. The molecular formula is C15H17Cl2N3O3S. The first-order chi connectivity index (χ1) is 11.2. The maximum absolute atomic E-state index is 12.8. The highest BCUT2D eigenvalue weighted by Crippen LogP contribution is 2.35. The van der Waals surface area contributed by atoms with E-state index in [4.69, 9.17) is 23.2 Å². The zero-order valence-corrected chi connectivity index (χ0v) is 15.8. The van der Waals surface area contributed by atoms with Crippen LogP contribution in [0.1, 0.15) is 19.4 Å². The second-order valence-electron chi connectivity index (χ2n) is 5.06. The lowest BCUT2D eigenvalue weighted by Gasteiger charge is -2.17. The number of carbonyl (C=O) groups is 1. The summed E-state index contributed by atoms with van der Waals surface area (Å²) in [6, 6.07) is 3.95. The average Bonchev–Trinajstić information content (AvgIpc) is 3.03. The number of hydrogen-bond donors (Lipinski definition) is 0. The number of hydrogen-bond acceptors (Lipinski definition) is 4. The third-order valence-electron chi connectivity index (χ3n) is 3.58. The van der Waals surface area contributed by atoms with E-state index in [1.54, 1.807) is 13.0 Å². The van der Waals surface area contributed by atoms with Crippen LogP contribution in [0.3, 0.4) is 0 Å². The first-order valence-electron chi connectivity index (χ1n) is 7.28. The third-order valence-corrected chi connectivity index (χ3v) is 6.34. The normalized spacial score (nSPS) is 11.5. The van der Waals surface area contributed by atoms with Crippen LogP contribution in [-0.2, 0) is 9.84 Å². The fourth-order valence-electron chi connectivity index (χ4n) is 2.18. The standard InChI is InChI=1S/C15H17Cl2N3O3S/c1-4-19(5-2)15(21)20-9-8-12(18-20)24(22,23)14-11(16)7-6-10(3)13(14)17/h6-9H,4-5H2,1-3H3. The van der Waals surface area contributed by atoms with Crippen LogP contribution in [-0.4, -0.2) is 42.2 Å². The number of halogens is 2. The van der Waals surface area contributed by atoms with E-state index in [9.17, 15) is 13.2 Å². The maximum atomic E-state index is 12.8. The van der Waals surface area contributed by atoms with Crippen molar-refractivity contribution in [2.75, 3.05) is 13.1 Å². The van der Waals surface area contributed by atoms with Crippen molar-refractivity contribution in [3.05, 3.63) is 40.0 Å². The van der Waals surface area contributed by atoms with Gasteiger partial charge in [-0.05, 0) is 38.5 Å². The highest BCUT2D eigenvalue weighted by Gasteiger charge is 2.28. The molecule has 0 radical (unpaired) electrons. The van der Waals surface area contributed by atoms with Gasteiger partial charge in [-0.25, -0.2) is 13.2 Å². The van der Waals surface area contributed by atoms with Crippen molar-refractivity contribution in [1.29, 1.82) is 0 Å². The molecule has 9 heteroatoms. The van der Waals surface area contributed by atoms with Crippen molar-refractivity contribution in [2.45, 2.75) is 30.7 Å². The number of nitrogens with zero attached hydrogens (tertiary/aromatic N) is 3. The molecule has 0 spiro atoms. The van der Waals surface area contributed by atoms with Gasteiger partial charge in [-0.2, -0.15) is 9.78 Å². The first kappa shape index (κ1) is 18.8. The minimum Gasteiger partial charge on any atom is -0.323 e. The quantitative estimate of drug-likeness (QED) is 0.799. The monoisotopic (exact) mass is 389 g/mol. The highest BCUT2D eigenvalue weighted by atomic mass is 35.5. The van der Waals surface area contributed by atoms with Crippen LogP contribution < -0.4 is 0 Å². The van der Waals surface area contributed by atoms with Gasteiger partial charge in [0.15, 0.2) is 5.03 Å². The molecule has 1 aromatic heterocycles. The summed E-state index contributed by atoms with van der Waals surface area (Å²) in [5.41, 5.74) is 0.582. The summed E-state index contributed by atoms with van der Waals surface area (Å²) in [5, 5.41) is 3.68. The second kappa shape index (κ2) is 7.13. The number of aryl methyl sites for hydroxylation is 1. The van der Waals surface area contributed by atoms with Crippen molar-refractivity contribution in [2.24, 2.45) is 0 Å². The van der Waals surface area contributed by atoms with E-state index in [1.165, 1.54) is 23.2 Å². The van der Waals surface area contributed by atoms with Crippen LogP contribution in [0.4, 0.5) is 4.79 Å². The number of aromatic nitrogens is 2. The molecule has 0 aliphatic rings. The van der Waals surface area contributed by atoms with Gasteiger partial charge in [0.1, 0.15) is 4.90 Å². The molecule has 0 saturated carbocycles. The predicted molar refractivity (Wildman–Crippen MR) is 92.6 cm³/mol. The van der Waals surface area contributed by atoms with E-state index in [0.29, 0.717) is 18.7 Å². The molecule has 1 aromatic carbocycles. The summed E-state index contributed by atoms with van der Waals surface area (Å²) in [6.07, 6.45) is 1.31. The number of carbonyl (C=O) groups excluding carboxylic acids is 1. The Hall–Kier alpha value is -1.57. The summed E-state index contributed by atoms with van der Waals surface area (Å²) in [7, 11) is -4.04. The van der Waals surface area contributed by atoms with Gasteiger partial charge in [-0.3, -0.25) is 0 Å². The van der Waals surface area contributed by atoms with Gasteiger partial charge in [0.05, 0.1) is 10.0 Å². The lowest BCUT2D eigenvalue weighted by molar-refractivity contribution is 0.201. The topological polar surface area (TPSA) is 72.3 Å². The highest BCUT2D eigenvalue weighted by molar-refractivity contribution is 7.91. The number of amides is 1. The number of rotatable bonds is 4. The molecular weight excluding hydrogens is 373 g/mol. The van der Waals surface area contributed by atoms with E-state index in [0.717, 1.165) is 4.68 Å². The molecule has 0 fully saturated rings. The van der Waals surface area contributed by atoms with Crippen molar-refractivity contribution in [1.82, 2.24) is 14.7 Å². The van der Waals surface area contributed by atoms with Crippen molar-refractivity contribution in [3.63, 3.8) is 0 Å². The molecule has 2 aromatic rings. The Morgan fingerprint density at radius 2 is 1.83 bits per heavy atom. The van der Waals surface area contributed by atoms with E-state index in [2.05, 4.69) is 5.10 Å². The van der Waals surface area contributed by atoms with Crippen LogP contribution >= 0.6 is 23.2 Å². The van der Waals surface area contributed by atoms with Gasteiger partial charge in [-0.1, -0.05) is 29.3 Å². The van der Waals surface area contributed by atoms with E-state index in [1.807, 2.05) is 13.8 Å². The van der Waals surface area contributed by atoms with E-state index in [-0.39, 0.29) is 20.0 Å². The summed E-state index contributed by atoms with van der Waals surface area (Å²) in [5.74, 6) is 0.